The fourth-order valence-corrected chi connectivity index (χ4v) is 7.62. The molecule has 3 heteroatoms. The van der Waals surface area contributed by atoms with Gasteiger partial charge in [-0.3, -0.25) is 0 Å². The van der Waals surface area contributed by atoms with Crippen LogP contribution in [0.25, 0.3) is 0 Å². The Kier molecular flexibility index (Phi) is 3.19. The monoisotopic (exact) mass is 212 g/mol. The molecule has 0 aliphatic carbocycles. The predicted octanol–water partition coefficient (Wildman–Crippen LogP) is 2.12. The minimum Gasteiger partial charge on any atom is -0.380 e. The molecule has 72 valence electrons. The molecule has 0 atom stereocenters. The summed E-state index contributed by atoms with van der Waals surface area (Å²) in [5, 5.41) is 2.23. The fourth-order valence-electron chi connectivity index (χ4n) is 2.17. The summed E-state index contributed by atoms with van der Waals surface area (Å²) in [6, 6.07) is 5.29. The first kappa shape index (κ1) is 9.43. The van der Waals surface area contributed by atoms with Crippen LogP contribution in [0.4, 0.5) is 0 Å². The molecular formula is C10H16OSSi. The summed E-state index contributed by atoms with van der Waals surface area (Å²) in [5.74, 6) is 0. The van der Waals surface area contributed by atoms with Crippen LogP contribution in [0.5, 0.6) is 0 Å². The van der Waals surface area contributed by atoms with E-state index in [2.05, 4.69) is 11.4 Å². The molecule has 1 saturated heterocycles. The van der Waals surface area contributed by atoms with Gasteiger partial charge < -0.3 is 4.74 Å². The van der Waals surface area contributed by atoms with Gasteiger partial charge in [-0.15, -0.1) is 0 Å². The standard InChI is InChI=1S/C10H16OSSi/c1-11-8-9-4-5-12-10(9)13-6-2-3-7-13/h4-5,13H,2-3,6-8H2,1H3. The Labute approximate surface area is 85.3 Å². The van der Waals surface area contributed by atoms with E-state index < -0.39 is 8.80 Å². The summed E-state index contributed by atoms with van der Waals surface area (Å²) in [5.41, 5.74) is 1.48. The maximum absolute atomic E-state index is 5.22. The smallest absolute Gasteiger partial charge is 0.0841 e. The molecule has 13 heavy (non-hydrogen) atoms. The van der Waals surface area contributed by atoms with Crippen LogP contribution < -0.4 is 4.50 Å². The van der Waals surface area contributed by atoms with Gasteiger partial charge in [0.1, 0.15) is 0 Å². The molecule has 0 amide bonds. The Bertz CT molecular complexity index is 266. The van der Waals surface area contributed by atoms with Crippen molar-refractivity contribution in [1.82, 2.24) is 0 Å². The van der Waals surface area contributed by atoms with Crippen LogP contribution in [0, 0.1) is 0 Å². The largest absolute Gasteiger partial charge is 0.380 e. The molecule has 1 aliphatic rings. The van der Waals surface area contributed by atoms with Gasteiger partial charge in [-0.25, -0.2) is 0 Å². The summed E-state index contributed by atoms with van der Waals surface area (Å²) < 4.78 is 6.94. The molecule has 2 rings (SSSR count). The molecule has 2 heterocycles. The van der Waals surface area contributed by atoms with E-state index in [9.17, 15) is 0 Å². The number of hydrogen-bond acceptors (Lipinski definition) is 2. The van der Waals surface area contributed by atoms with E-state index in [-0.39, 0.29) is 0 Å². The van der Waals surface area contributed by atoms with Crippen LogP contribution in [-0.2, 0) is 11.3 Å². The molecule has 0 aromatic carbocycles. The average molecular weight is 212 g/mol. The Morgan fingerprint density at radius 1 is 1.46 bits per heavy atom. The highest BCUT2D eigenvalue weighted by atomic mass is 32.1. The quantitative estimate of drug-likeness (QED) is 0.697. The van der Waals surface area contributed by atoms with Crippen LogP contribution in [0.1, 0.15) is 18.4 Å². The molecule has 0 spiro atoms. The van der Waals surface area contributed by atoms with Crippen molar-refractivity contribution in [2.75, 3.05) is 7.11 Å². The molecule has 1 nitrogen and oxygen atoms in total. The third kappa shape index (κ3) is 2.03. The zero-order chi connectivity index (χ0) is 9.10. The molecule has 0 bridgehead atoms. The van der Waals surface area contributed by atoms with Gasteiger partial charge >= 0.3 is 0 Å². The van der Waals surface area contributed by atoms with Crippen molar-refractivity contribution in [3.05, 3.63) is 17.0 Å². The minimum absolute atomic E-state index is 0.523. The third-order valence-electron chi connectivity index (χ3n) is 2.81. The maximum Gasteiger partial charge on any atom is 0.0841 e. The van der Waals surface area contributed by atoms with E-state index in [4.69, 9.17) is 4.74 Å². The Morgan fingerprint density at radius 2 is 2.23 bits per heavy atom. The molecule has 0 unspecified atom stereocenters. The highest BCUT2D eigenvalue weighted by molar-refractivity contribution is 7.22. The van der Waals surface area contributed by atoms with Crippen molar-refractivity contribution in [1.29, 1.82) is 0 Å². The summed E-state index contributed by atoms with van der Waals surface area (Å²) >= 11 is 1.97. The first-order valence-electron chi connectivity index (χ1n) is 4.97. The molecule has 1 aromatic heterocycles. The number of hydrogen-bond donors (Lipinski definition) is 0. The van der Waals surface area contributed by atoms with Crippen LogP contribution in [-0.4, -0.2) is 15.9 Å². The molecular weight excluding hydrogens is 196 g/mol. The van der Waals surface area contributed by atoms with Crippen molar-refractivity contribution < 1.29 is 4.74 Å². The molecule has 0 N–H and O–H groups in total. The van der Waals surface area contributed by atoms with E-state index in [0.29, 0.717) is 0 Å². The number of ether oxygens (including phenoxy) is 1. The van der Waals surface area contributed by atoms with Crippen LogP contribution in [0.2, 0.25) is 12.1 Å². The number of methoxy groups -OCH3 is 1. The van der Waals surface area contributed by atoms with E-state index in [0.717, 1.165) is 6.61 Å². The van der Waals surface area contributed by atoms with Gasteiger partial charge in [0.2, 0.25) is 0 Å². The molecule has 0 saturated carbocycles. The van der Waals surface area contributed by atoms with Crippen molar-refractivity contribution in [2.45, 2.75) is 31.5 Å². The average Bonchev–Trinajstić information content (AvgIpc) is 2.71. The summed E-state index contributed by atoms with van der Waals surface area (Å²) in [7, 11) is 1.27. The van der Waals surface area contributed by atoms with Crippen LogP contribution >= 0.6 is 11.3 Å². The van der Waals surface area contributed by atoms with E-state index in [1.807, 2.05) is 11.3 Å². The predicted molar refractivity (Wildman–Crippen MR) is 60.7 cm³/mol. The van der Waals surface area contributed by atoms with Gasteiger partial charge in [0.05, 0.1) is 15.4 Å². The van der Waals surface area contributed by atoms with Crippen LogP contribution in [0.15, 0.2) is 11.4 Å². The van der Waals surface area contributed by atoms with Crippen molar-refractivity contribution >= 4 is 24.6 Å². The minimum atomic E-state index is -0.523. The van der Waals surface area contributed by atoms with Gasteiger partial charge in [-0.1, -0.05) is 24.9 Å². The lowest BCUT2D eigenvalue weighted by Gasteiger charge is -2.07. The van der Waals surface area contributed by atoms with Gasteiger partial charge in [0.25, 0.3) is 0 Å². The van der Waals surface area contributed by atoms with Crippen molar-refractivity contribution in [2.24, 2.45) is 0 Å². The van der Waals surface area contributed by atoms with Gasteiger partial charge in [-0.2, -0.15) is 11.3 Å². The fraction of sp³-hybridized carbons (Fsp3) is 0.600. The lowest BCUT2D eigenvalue weighted by atomic mass is 10.4. The Hall–Kier alpha value is -0.123. The topological polar surface area (TPSA) is 9.23 Å². The second kappa shape index (κ2) is 4.40. The zero-order valence-corrected chi connectivity index (χ0v) is 10.1. The lowest BCUT2D eigenvalue weighted by molar-refractivity contribution is 0.186. The highest BCUT2D eigenvalue weighted by Crippen LogP contribution is 2.22. The first-order chi connectivity index (χ1) is 6.42. The first-order valence-corrected chi connectivity index (χ1v) is 8.06. The maximum atomic E-state index is 5.22. The second-order valence-electron chi connectivity index (χ2n) is 3.72. The molecule has 1 aliphatic heterocycles. The molecule has 1 fully saturated rings. The summed E-state index contributed by atoms with van der Waals surface area (Å²) in [6.07, 6.45) is 2.95. The Morgan fingerprint density at radius 3 is 2.92 bits per heavy atom. The van der Waals surface area contributed by atoms with Gasteiger partial charge in [0.15, 0.2) is 0 Å². The lowest BCUT2D eigenvalue weighted by Crippen LogP contribution is -2.26. The van der Waals surface area contributed by atoms with Crippen LogP contribution in [0.3, 0.4) is 0 Å². The molecule has 1 aromatic rings. The normalized spacial score (nSPS) is 18.2. The van der Waals surface area contributed by atoms with E-state index >= 15 is 0 Å². The third-order valence-corrected chi connectivity index (χ3v) is 8.33. The Balaban J connectivity index is 2.13. The van der Waals surface area contributed by atoms with Crippen molar-refractivity contribution in [3.8, 4) is 0 Å². The summed E-state index contributed by atoms with van der Waals surface area (Å²) in [4.78, 5) is 0. The van der Waals surface area contributed by atoms with Crippen molar-refractivity contribution in [3.63, 3.8) is 0 Å². The highest BCUT2D eigenvalue weighted by Gasteiger charge is 2.22. The summed E-state index contributed by atoms with van der Waals surface area (Å²) in [6.45, 7) is 0.822. The van der Waals surface area contributed by atoms with E-state index in [1.165, 1.54) is 30.5 Å². The zero-order valence-electron chi connectivity index (χ0n) is 8.08. The van der Waals surface area contributed by atoms with Gasteiger partial charge in [0, 0.05) is 7.11 Å². The SMILES string of the molecule is COCc1ccsc1[SiH]1CCCC1. The number of thiophene rings is 1. The second-order valence-corrected chi connectivity index (χ2v) is 8.22. The number of rotatable bonds is 3. The molecule has 0 radical (unpaired) electrons. The van der Waals surface area contributed by atoms with Gasteiger partial charge in [-0.05, 0) is 21.5 Å². The van der Waals surface area contributed by atoms with E-state index in [1.54, 1.807) is 11.6 Å².